The van der Waals surface area contributed by atoms with Crippen LogP contribution < -0.4 is 14.8 Å². The Morgan fingerprint density at radius 1 is 1.25 bits per heavy atom. The van der Waals surface area contributed by atoms with E-state index in [9.17, 15) is 4.79 Å². The van der Waals surface area contributed by atoms with Gasteiger partial charge >= 0.3 is 0 Å². The highest BCUT2D eigenvalue weighted by molar-refractivity contribution is 6.32. The SMILES string of the molecule is COCCOc1ccc(NC(=O)c2ccc3c(c2)CCO3)cc1Cl. The molecule has 1 aliphatic rings. The summed E-state index contributed by atoms with van der Waals surface area (Å²) in [4.78, 5) is 12.4. The van der Waals surface area contributed by atoms with Crippen molar-refractivity contribution < 1.29 is 19.0 Å². The summed E-state index contributed by atoms with van der Waals surface area (Å²) < 4.78 is 15.9. The third-order valence-electron chi connectivity index (χ3n) is 3.69. The van der Waals surface area contributed by atoms with Crippen molar-refractivity contribution >= 4 is 23.2 Å². The van der Waals surface area contributed by atoms with E-state index in [1.807, 2.05) is 12.1 Å². The summed E-state index contributed by atoms with van der Waals surface area (Å²) in [5.41, 5.74) is 2.26. The monoisotopic (exact) mass is 347 g/mol. The maximum absolute atomic E-state index is 12.4. The molecule has 24 heavy (non-hydrogen) atoms. The van der Waals surface area contributed by atoms with Crippen molar-refractivity contribution in [2.75, 3.05) is 32.2 Å². The fourth-order valence-corrected chi connectivity index (χ4v) is 2.70. The molecule has 1 N–H and O–H groups in total. The van der Waals surface area contributed by atoms with E-state index in [-0.39, 0.29) is 5.91 Å². The quantitative estimate of drug-likeness (QED) is 0.812. The van der Waals surface area contributed by atoms with Gasteiger partial charge in [-0.25, -0.2) is 0 Å². The first-order valence-corrected chi connectivity index (χ1v) is 8.03. The number of ether oxygens (including phenoxy) is 3. The molecule has 0 fully saturated rings. The van der Waals surface area contributed by atoms with E-state index in [1.54, 1.807) is 31.4 Å². The first-order chi connectivity index (χ1) is 11.7. The maximum atomic E-state index is 12.4. The predicted octanol–water partition coefficient (Wildman–Crippen LogP) is 3.55. The van der Waals surface area contributed by atoms with E-state index in [1.165, 1.54) is 0 Å². The van der Waals surface area contributed by atoms with Crippen molar-refractivity contribution in [2.45, 2.75) is 6.42 Å². The molecule has 1 amide bonds. The van der Waals surface area contributed by atoms with Crippen molar-refractivity contribution in [3.63, 3.8) is 0 Å². The van der Waals surface area contributed by atoms with Crippen LogP contribution in [-0.2, 0) is 11.2 Å². The van der Waals surface area contributed by atoms with Gasteiger partial charge in [0.05, 0.1) is 18.2 Å². The molecule has 0 radical (unpaired) electrons. The third kappa shape index (κ3) is 3.80. The normalized spacial score (nSPS) is 12.4. The number of hydrogen-bond acceptors (Lipinski definition) is 4. The molecule has 0 saturated heterocycles. The van der Waals surface area contributed by atoms with Crippen LogP contribution in [0.4, 0.5) is 5.69 Å². The van der Waals surface area contributed by atoms with Crippen molar-refractivity contribution in [3.8, 4) is 11.5 Å². The van der Waals surface area contributed by atoms with Gasteiger partial charge in [0.25, 0.3) is 5.91 Å². The summed E-state index contributed by atoms with van der Waals surface area (Å²) in [5, 5.41) is 3.28. The molecular formula is C18H18ClNO4. The second-order valence-electron chi connectivity index (χ2n) is 5.36. The van der Waals surface area contributed by atoms with Crippen LogP contribution >= 0.6 is 11.6 Å². The van der Waals surface area contributed by atoms with Crippen LogP contribution in [0.15, 0.2) is 36.4 Å². The summed E-state index contributed by atoms with van der Waals surface area (Å²) in [5.74, 6) is 1.22. The molecule has 1 aliphatic heterocycles. The molecule has 6 heteroatoms. The minimum absolute atomic E-state index is 0.186. The molecule has 2 aromatic rings. The first kappa shape index (κ1) is 16.6. The lowest BCUT2D eigenvalue weighted by atomic mass is 10.1. The summed E-state index contributed by atoms with van der Waals surface area (Å²) in [7, 11) is 1.61. The number of methoxy groups -OCH3 is 1. The highest BCUT2D eigenvalue weighted by atomic mass is 35.5. The Hall–Kier alpha value is -2.24. The molecule has 0 atom stereocenters. The Balaban J connectivity index is 1.67. The van der Waals surface area contributed by atoms with Gasteiger partial charge in [0.1, 0.15) is 18.1 Å². The highest BCUT2D eigenvalue weighted by Crippen LogP contribution is 2.29. The number of hydrogen-bond donors (Lipinski definition) is 1. The molecule has 126 valence electrons. The third-order valence-corrected chi connectivity index (χ3v) is 3.98. The topological polar surface area (TPSA) is 56.8 Å². The van der Waals surface area contributed by atoms with Crippen LogP contribution in [-0.4, -0.2) is 32.8 Å². The smallest absolute Gasteiger partial charge is 0.255 e. The molecule has 2 aromatic carbocycles. The van der Waals surface area contributed by atoms with Gasteiger partial charge in [-0.3, -0.25) is 4.79 Å². The summed E-state index contributed by atoms with van der Waals surface area (Å²) in [6, 6.07) is 10.6. The maximum Gasteiger partial charge on any atom is 0.255 e. The predicted molar refractivity (Wildman–Crippen MR) is 92.4 cm³/mol. The van der Waals surface area contributed by atoms with Gasteiger partial charge in [0.2, 0.25) is 0 Å². The second-order valence-corrected chi connectivity index (χ2v) is 5.77. The second kappa shape index (κ2) is 7.55. The summed E-state index contributed by atoms with van der Waals surface area (Å²) in [6.45, 7) is 1.57. The Morgan fingerprint density at radius 2 is 2.12 bits per heavy atom. The number of carbonyl (C=O) groups excluding carboxylic acids is 1. The summed E-state index contributed by atoms with van der Waals surface area (Å²) >= 11 is 6.18. The molecule has 5 nitrogen and oxygen atoms in total. The number of fused-ring (bicyclic) bond motifs is 1. The number of rotatable bonds is 6. The first-order valence-electron chi connectivity index (χ1n) is 7.66. The molecular weight excluding hydrogens is 330 g/mol. The molecule has 0 aliphatic carbocycles. The van der Waals surface area contributed by atoms with E-state index in [0.29, 0.717) is 41.8 Å². The van der Waals surface area contributed by atoms with Crippen LogP contribution in [0.5, 0.6) is 11.5 Å². The number of amides is 1. The van der Waals surface area contributed by atoms with Crippen LogP contribution in [0.3, 0.4) is 0 Å². The minimum Gasteiger partial charge on any atom is -0.493 e. The van der Waals surface area contributed by atoms with E-state index in [0.717, 1.165) is 17.7 Å². The fraction of sp³-hybridized carbons (Fsp3) is 0.278. The van der Waals surface area contributed by atoms with Crippen LogP contribution in [0, 0.1) is 0 Å². The molecule has 0 aromatic heterocycles. The number of halogens is 1. The molecule has 3 rings (SSSR count). The molecule has 1 heterocycles. The zero-order valence-corrected chi connectivity index (χ0v) is 14.1. The zero-order valence-electron chi connectivity index (χ0n) is 13.3. The van der Waals surface area contributed by atoms with Gasteiger partial charge in [-0.1, -0.05) is 11.6 Å². The fourth-order valence-electron chi connectivity index (χ4n) is 2.46. The van der Waals surface area contributed by atoms with Gasteiger partial charge < -0.3 is 19.5 Å². The number of anilines is 1. The number of carbonyl (C=O) groups is 1. The van der Waals surface area contributed by atoms with Crippen LogP contribution in [0.2, 0.25) is 5.02 Å². The lowest BCUT2D eigenvalue weighted by Gasteiger charge is -2.10. The van der Waals surface area contributed by atoms with Crippen LogP contribution in [0.25, 0.3) is 0 Å². The largest absolute Gasteiger partial charge is 0.493 e. The number of benzene rings is 2. The average Bonchev–Trinajstić information content (AvgIpc) is 3.04. The van der Waals surface area contributed by atoms with E-state index >= 15 is 0 Å². The van der Waals surface area contributed by atoms with E-state index in [4.69, 9.17) is 25.8 Å². The lowest BCUT2D eigenvalue weighted by Crippen LogP contribution is -2.12. The highest BCUT2D eigenvalue weighted by Gasteiger charge is 2.15. The standard InChI is InChI=1S/C18H18ClNO4/c1-22-8-9-24-17-5-3-14(11-15(17)19)20-18(21)13-2-4-16-12(10-13)6-7-23-16/h2-5,10-11H,6-9H2,1H3,(H,20,21). The van der Waals surface area contributed by atoms with Gasteiger partial charge in [0, 0.05) is 24.8 Å². The van der Waals surface area contributed by atoms with Gasteiger partial charge in [-0.2, -0.15) is 0 Å². The van der Waals surface area contributed by atoms with Crippen molar-refractivity contribution in [2.24, 2.45) is 0 Å². The van der Waals surface area contributed by atoms with Gasteiger partial charge in [-0.15, -0.1) is 0 Å². The molecule has 0 spiro atoms. The van der Waals surface area contributed by atoms with Gasteiger partial charge in [-0.05, 0) is 42.0 Å². The van der Waals surface area contributed by atoms with E-state index in [2.05, 4.69) is 5.32 Å². The molecule has 0 unspecified atom stereocenters. The van der Waals surface area contributed by atoms with Crippen molar-refractivity contribution in [1.29, 1.82) is 0 Å². The van der Waals surface area contributed by atoms with Crippen LogP contribution in [0.1, 0.15) is 15.9 Å². The number of nitrogens with one attached hydrogen (secondary N) is 1. The van der Waals surface area contributed by atoms with Crippen molar-refractivity contribution in [3.05, 3.63) is 52.5 Å². The Kier molecular flexibility index (Phi) is 5.23. The van der Waals surface area contributed by atoms with Gasteiger partial charge in [0.15, 0.2) is 0 Å². The van der Waals surface area contributed by atoms with Crippen molar-refractivity contribution in [1.82, 2.24) is 0 Å². The lowest BCUT2D eigenvalue weighted by molar-refractivity contribution is 0.102. The average molecular weight is 348 g/mol. The Bertz CT molecular complexity index is 748. The summed E-state index contributed by atoms with van der Waals surface area (Å²) in [6.07, 6.45) is 0.829. The minimum atomic E-state index is -0.186. The molecule has 0 bridgehead atoms. The Labute approximate surface area is 145 Å². The van der Waals surface area contributed by atoms with E-state index < -0.39 is 0 Å². The zero-order chi connectivity index (χ0) is 16.9. The Morgan fingerprint density at radius 3 is 2.92 bits per heavy atom. The molecule has 0 saturated carbocycles.